The Morgan fingerprint density at radius 3 is 2.90 bits per heavy atom. The van der Waals surface area contributed by atoms with Crippen LogP contribution in [0.4, 0.5) is 4.39 Å². The van der Waals surface area contributed by atoms with Gasteiger partial charge in [0.1, 0.15) is 5.82 Å². The van der Waals surface area contributed by atoms with E-state index in [2.05, 4.69) is 4.98 Å². The largest absolute Gasteiger partial charge is 0.325 e. The highest BCUT2D eigenvalue weighted by molar-refractivity contribution is 5.17. The third-order valence-electron chi connectivity index (χ3n) is 1.35. The Morgan fingerprint density at radius 1 is 1.70 bits per heavy atom. The lowest BCUT2D eigenvalue weighted by molar-refractivity contribution is 0.591. The van der Waals surface area contributed by atoms with Gasteiger partial charge in [0, 0.05) is 12.7 Å². The SMILES string of the molecule is Cc1ccnc(CN)c1F. The molecule has 0 unspecified atom stereocenters. The van der Waals surface area contributed by atoms with Crippen LogP contribution in [0.2, 0.25) is 0 Å². The normalized spacial score (nSPS) is 9.90. The van der Waals surface area contributed by atoms with Crippen LogP contribution in [0.25, 0.3) is 0 Å². The molecular weight excluding hydrogens is 131 g/mol. The van der Waals surface area contributed by atoms with Gasteiger partial charge in [0.15, 0.2) is 0 Å². The number of aryl methyl sites for hydroxylation is 1. The maximum absolute atomic E-state index is 12.9. The smallest absolute Gasteiger partial charge is 0.148 e. The molecule has 0 amide bonds. The number of aromatic nitrogens is 1. The summed E-state index contributed by atoms with van der Waals surface area (Å²) in [4.78, 5) is 3.76. The predicted octanol–water partition coefficient (Wildman–Crippen LogP) is 0.988. The van der Waals surface area contributed by atoms with Crippen molar-refractivity contribution in [3.8, 4) is 0 Å². The first kappa shape index (κ1) is 7.15. The van der Waals surface area contributed by atoms with Crippen molar-refractivity contribution in [1.82, 2.24) is 4.98 Å². The average Bonchev–Trinajstić information content (AvgIpc) is 1.95. The monoisotopic (exact) mass is 140 g/mol. The number of hydrogen-bond acceptors (Lipinski definition) is 2. The molecule has 2 nitrogen and oxygen atoms in total. The van der Waals surface area contributed by atoms with E-state index in [0.717, 1.165) is 0 Å². The van der Waals surface area contributed by atoms with Crippen LogP contribution in [-0.4, -0.2) is 4.98 Å². The third-order valence-corrected chi connectivity index (χ3v) is 1.35. The molecule has 1 rings (SSSR count). The molecule has 0 atom stereocenters. The van der Waals surface area contributed by atoms with Gasteiger partial charge >= 0.3 is 0 Å². The molecule has 1 heterocycles. The van der Waals surface area contributed by atoms with Gasteiger partial charge in [0.05, 0.1) is 5.69 Å². The summed E-state index contributed by atoms with van der Waals surface area (Å²) in [6.45, 7) is 1.85. The van der Waals surface area contributed by atoms with Crippen LogP contribution in [0.5, 0.6) is 0 Å². The van der Waals surface area contributed by atoms with Gasteiger partial charge in [-0.05, 0) is 18.6 Å². The third kappa shape index (κ3) is 1.14. The molecule has 1 aromatic heterocycles. The summed E-state index contributed by atoms with van der Waals surface area (Å²) in [5.41, 5.74) is 6.14. The fourth-order valence-electron chi connectivity index (χ4n) is 0.739. The Morgan fingerprint density at radius 2 is 2.40 bits per heavy atom. The van der Waals surface area contributed by atoms with Gasteiger partial charge in [-0.25, -0.2) is 4.39 Å². The molecule has 10 heavy (non-hydrogen) atoms. The van der Waals surface area contributed by atoms with Gasteiger partial charge < -0.3 is 5.73 Å². The first-order chi connectivity index (χ1) is 4.75. The molecule has 3 heteroatoms. The first-order valence-electron chi connectivity index (χ1n) is 3.05. The molecule has 0 bridgehead atoms. The summed E-state index contributed by atoms with van der Waals surface area (Å²) in [5, 5.41) is 0. The van der Waals surface area contributed by atoms with Crippen molar-refractivity contribution in [3.05, 3.63) is 29.3 Å². The molecule has 1 aromatic rings. The molecule has 0 aliphatic rings. The standard InChI is InChI=1S/C7H9FN2/c1-5-2-3-10-6(4-9)7(5)8/h2-3H,4,9H2,1H3. The van der Waals surface area contributed by atoms with E-state index in [9.17, 15) is 4.39 Å². The van der Waals surface area contributed by atoms with Crippen molar-refractivity contribution < 1.29 is 4.39 Å². The maximum atomic E-state index is 12.9. The van der Waals surface area contributed by atoms with Crippen LogP contribution in [0.15, 0.2) is 12.3 Å². The van der Waals surface area contributed by atoms with E-state index in [4.69, 9.17) is 5.73 Å². The van der Waals surface area contributed by atoms with Gasteiger partial charge in [-0.15, -0.1) is 0 Å². The summed E-state index contributed by atoms with van der Waals surface area (Å²) in [6.07, 6.45) is 1.56. The molecule has 0 aliphatic heterocycles. The Kier molecular flexibility index (Phi) is 1.97. The van der Waals surface area contributed by atoms with Crippen molar-refractivity contribution in [2.24, 2.45) is 5.73 Å². The molecule has 0 spiro atoms. The van der Waals surface area contributed by atoms with E-state index in [0.29, 0.717) is 11.3 Å². The lowest BCUT2D eigenvalue weighted by Gasteiger charge is -1.99. The predicted molar refractivity (Wildman–Crippen MR) is 36.8 cm³/mol. The molecule has 0 fully saturated rings. The van der Waals surface area contributed by atoms with Gasteiger partial charge in [-0.1, -0.05) is 0 Å². The number of rotatable bonds is 1. The fraction of sp³-hybridized carbons (Fsp3) is 0.286. The highest BCUT2D eigenvalue weighted by Gasteiger charge is 2.02. The van der Waals surface area contributed by atoms with E-state index in [1.54, 1.807) is 19.2 Å². The number of nitrogens with zero attached hydrogens (tertiary/aromatic N) is 1. The van der Waals surface area contributed by atoms with Crippen LogP contribution in [0.3, 0.4) is 0 Å². The van der Waals surface area contributed by atoms with E-state index in [-0.39, 0.29) is 12.4 Å². The van der Waals surface area contributed by atoms with Crippen LogP contribution in [-0.2, 0) is 6.54 Å². The van der Waals surface area contributed by atoms with Crippen molar-refractivity contribution >= 4 is 0 Å². The van der Waals surface area contributed by atoms with Crippen LogP contribution in [0.1, 0.15) is 11.3 Å². The zero-order chi connectivity index (χ0) is 7.56. The molecule has 54 valence electrons. The lowest BCUT2D eigenvalue weighted by atomic mass is 10.2. The summed E-state index contributed by atoms with van der Waals surface area (Å²) >= 11 is 0. The molecule has 0 radical (unpaired) electrons. The van der Waals surface area contributed by atoms with E-state index < -0.39 is 0 Å². The van der Waals surface area contributed by atoms with Crippen LogP contribution < -0.4 is 5.73 Å². The van der Waals surface area contributed by atoms with Gasteiger partial charge in [0.25, 0.3) is 0 Å². The molecule has 2 N–H and O–H groups in total. The zero-order valence-corrected chi connectivity index (χ0v) is 5.76. The summed E-state index contributed by atoms with van der Waals surface area (Å²) in [6, 6.07) is 1.62. The van der Waals surface area contributed by atoms with Gasteiger partial charge in [-0.3, -0.25) is 4.98 Å². The Labute approximate surface area is 58.9 Å². The Balaban J connectivity index is 3.14. The van der Waals surface area contributed by atoms with Crippen LogP contribution in [0, 0.1) is 12.7 Å². The summed E-state index contributed by atoms with van der Waals surface area (Å²) < 4.78 is 12.9. The molecule has 0 saturated carbocycles. The number of hydrogen-bond donors (Lipinski definition) is 1. The van der Waals surface area contributed by atoms with Crippen LogP contribution >= 0.6 is 0 Å². The molecule has 0 saturated heterocycles. The number of halogens is 1. The Hall–Kier alpha value is -0.960. The highest BCUT2D eigenvalue weighted by atomic mass is 19.1. The minimum Gasteiger partial charge on any atom is -0.325 e. The molecule has 0 aliphatic carbocycles. The van der Waals surface area contributed by atoms with Gasteiger partial charge in [0.2, 0.25) is 0 Å². The van der Waals surface area contributed by atoms with E-state index >= 15 is 0 Å². The quantitative estimate of drug-likeness (QED) is 0.631. The van der Waals surface area contributed by atoms with E-state index in [1.807, 2.05) is 0 Å². The number of nitrogens with two attached hydrogens (primary N) is 1. The second-order valence-electron chi connectivity index (χ2n) is 2.09. The topological polar surface area (TPSA) is 38.9 Å². The van der Waals surface area contributed by atoms with Crippen molar-refractivity contribution in [1.29, 1.82) is 0 Å². The lowest BCUT2D eigenvalue weighted by Crippen LogP contribution is -2.03. The molecular formula is C7H9FN2. The summed E-state index contributed by atoms with van der Waals surface area (Å²) in [7, 11) is 0. The average molecular weight is 140 g/mol. The highest BCUT2D eigenvalue weighted by Crippen LogP contribution is 2.07. The summed E-state index contributed by atoms with van der Waals surface area (Å²) in [5.74, 6) is -0.287. The van der Waals surface area contributed by atoms with Crippen molar-refractivity contribution in [2.45, 2.75) is 13.5 Å². The van der Waals surface area contributed by atoms with Crippen molar-refractivity contribution in [3.63, 3.8) is 0 Å². The first-order valence-corrected chi connectivity index (χ1v) is 3.05. The maximum Gasteiger partial charge on any atom is 0.148 e. The number of pyridine rings is 1. The second kappa shape index (κ2) is 2.75. The minimum atomic E-state index is -0.287. The molecule has 0 aromatic carbocycles. The Bertz CT molecular complexity index is 235. The van der Waals surface area contributed by atoms with E-state index in [1.165, 1.54) is 0 Å². The minimum absolute atomic E-state index is 0.160. The fourth-order valence-corrected chi connectivity index (χ4v) is 0.739. The second-order valence-corrected chi connectivity index (χ2v) is 2.09. The van der Waals surface area contributed by atoms with Crippen molar-refractivity contribution in [2.75, 3.05) is 0 Å². The zero-order valence-electron chi connectivity index (χ0n) is 5.76. The van der Waals surface area contributed by atoms with Gasteiger partial charge in [-0.2, -0.15) is 0 Å².